The van der Waals surface area contributed by atoms with E-state index in [0.717, 1.165) is 32.6 Å². The minimum absolute atomic E-state index is 0. The number of carbonyl (C=O) groups excluding carboxylic acids is 1. The van der Waals surface area contributed by atoms with Crippen LogP contribution in [0.15, 0.2) is 11.4 Å². The predicted molar refractivity (Wildman–Crippen MR) is 76.2 cm³/mol. The molecule has 5 heteroatoms. The molecule has 1 fully saturated rings. The van der Waals surface area contributed by atoms with Gasteiger partial charge < -0.3 is 10.2 Å². The summed E-state index contributed by atoms with van der Waals surface area (Å²) in [7, 11) is 0. The van der Waals surface area contributed by atoms with Gasteiger partial charge >= 0.3 is 0 Å². The number of fused-ring (bicyclic) bond motifs is 1. The molecule has 18 heavy (non-hydrogen) atoms. The molecule has 2 aliphatic rings. The highest BCUT2D eigenvalue weighted by Gasteiger charge is 2.32. The quantitative estimate of drug-likeness (QED) is 0.901. The van der Waals surface area contributed by atoms with E-state index >= 15 is 0 Å². The average Bonchev–Trinajstić information content (AvgIpc) is 2.72. The van der Waals surface area contributed by atoms with Crippen molar-refractivity contribution in [3.63, 3.8) is 0 Å². The topological polar surface area (TPSA) is 32.3 Å². The van der Waals surface area contributed by atoms with Crippen LogP contribution in [0.4, 0.5) is 0 Å². The predicted octanol–water partition coefficient (Wildman–Crippen LogP) is 1.91. The normalized spacial score (nSPS) is 20.6. The molecule has 3 heterocycles. The fraction of sp³-hybridized carbons (Fsp3) is 0.615. The molecule has 0 spiro atoms. The molecule has 100 valence electrons. The van der Waals surface area contributed by atoms with E-state index in [4.69, 9.17) is 0 Å². The van der Waals surface area contributed by atoms with Gasteiger partial charge in [0.15, 0.2) is 0 Å². The van der Waals surface area contributed by atoms with Gasteiger partial charge in [-0.15, -0.1) is 23.7 Å². The Hall–Kier alpha value is -0.580. The molecule has 0 aromatic carbocycles. The summed E-state index contributed by atoms with van der Waals surface area (Å²) in [5, 5.41) is 5.38. The van der Waals surface area contributed by atoms with E-state index in [1.165, 1.54) is 10.4 Å². The number of hydrogen-bond donors (Lipinski definition) is 1. The summed E-state index contributed by atoms with van der Waals surface area (Å²) in [6, 6.07) is 2.16. The molecule has 0 bridgehead atoms. The second-order valence-corrected chi connectivity index (χ2v) is 6.09. The van der Waals surface area contributed by atoms with Gasteiger partial charge in [0.25, 0.3) is 0 Å². The number of rotatable bonds is 2. The molecular formula is C13H19ClN2OS. The molecule has 1 aromatic heterocycles. The van der Waals surface area contributed by atoms with Gasteiger partial charge in [0.05, 0.1) is 0 Å². The van der Waals surface area contributed by atoms with E-state index in [2.05, 4.69) is 23.7 Å². The van der Waals surface area contributed by atoms with Crippen molar-refractivity contribution >= 4 is 29.7 Å². The molecule has 1 unspecified atom stereocenters. The molecule has 1 aromatic rings. The Morgan fingerprint density at radius 2 is 2.33 bits per heavy atom. The van der Waals surface area contributed by atoms with Crippen molar-refractivity contribution in [3.05, 3.63) is 21.9 Å². The van der Waals surface area contributed by atoms with Gasteiger partial charge in [-0.25, -0.2) is 0 Å². The zero-order valence-corrected chi connectivity index (χ0v) is 12.1. The van der Waals surface area contributed by atoms with Gasteiger partial charge in [-0.05, 0) is 42.4 Å². The monoisotopic (exact) mass is 286 g/mol. The van der Waals surface area contributed by atoms with Gasteiger partial charge in [-0.3, -0.25) is 4.79 Å². The van der Waals surface area contributed by atoms with Crippen LogP contribution < -0.4 is 5.32 Å². The Balaban J connectivity index is 0.00000120. The second kappa shape index (κ2) is 5.59. The van der Waals surface area contributed by atoms with E-state index in [0.29, 0.717) is 11.8 Å². The van der Waals surface area contributed by atoms with Crippen LogP contribution in [0.5, 0.6) is 0 Å². The van der Waals surface area contributed by atoms with Crippen LogP contribution in [0, 0.1) is 11.8 Å². The fourth-order valence-electron chi connectivity index (χ4n) is 2.59. The maximum atomic E-state index is 12.4. The first-order chi connectivity index (χ1) is 8.25. The lowest BCUT2D eigenvalue weighted by atomic mass is 9.87. The number of carbonyl (C=O) groups is 1. The molecule has 3 rings (SSSR count). The van der Waals surface area contributed by atoms with Crippen LogP contribution in [0.3, 0.4) is 0 Å². The van der Waals surface area contributed by atoms with E-state index in [-0.39, 0.29) is 18.3 Å². The van der Waals surface area contributed by atoms with E-state index in [9.17, 15) is 4.79 Å². The van der Waals surface area contributed by atoms with Gasteiger partial charge in [-0.2, -0.15) is 0 Å². The lowest BCUT2D eigenvalue weighted by Crippen LogP contribution is -2.51. The molecule has 1 atom stereocenters. The van der Waals surface area contributed by atoms with E-state index < -0.39 is 0 Å². The molecule has 1 N–H and O–H groups in total. The number of nitrogens with one attached hydrogen (secondary N) is 1. The lowest BCUT2D eigenvalue weighted by molar-refractivity contribution is -0.138. The maximum absolute atomic E-state index is 12.4. The van der Waals surface area contributed by atoms with Gasteiger partial charge in [0.1, 0.15) is 0 Å². The average molecular weight is 287 g/mol. The summed E-state index contributed by atoms with van der Waals surface area (Å²) < 4.78 is 0. The van der Waals surface area contributed by atoms with Gasteiger partial charge in [0, 0.05) is 23.9 Å². The summed E-state index contributed by atoms with van der Waals surface area (Å²) in [5.74, 6) is 1.07. The summed E-state index contributed by atoms with van der Waals surface area (Å²) >= 11 is 1.82. The highest BCUT2D eigenvalue weighted by Crippen LogP contribution is 2.26. The number of hydrogen-bond acceptors (Lipinski definition) is 3. The van der Waals surface area contributed by atoms with Gasteiger partial charge in [-0.1, -0.05) is 6.92 Å². The lowest BCUT2D eigenvalue weighted by Gasteiger charge is -2.36. The zero-order chi connectivity index (χ0) is 11.8. The van der Waals surface area contributed by atoms with Crippen LogP contribution in [0.1, 0.15) is 17.4 Å². The van der Waals surface area contributed by atoms with Crippen LogP contribution in [-0.2, 0) is 17.8 Å². The highest BCUT2D eigenvalue weighted by molar-refractivity contribution is 7.10. The minimum atomic E-state index is 0. The van der Waals surface area contributed by atoms with E-state index in [1.54, 1.807) is 0 Å². The standard InChI is InChI=1S/C13H18N2OS.ClH/c1-9(11-6-14-7-11)13(16)15-4-2-12-10(8-15)3-5-17-12;/h3,5,9,11,14H,2,4,6-8H2,1H3;1H. The van der Waals surface area contributed by atoms with Crippen molar-refractivity contribution in [1.82, 2.24) is 10.2 Å². The van der Waals surface area contributed by atoms with Crippen LogP contribution in [-0.4, -0.2) is 30.4 Å². The maximum Gasteiger partial charge on any atom is 0.226 e. The Labute approximate surface area is 118 Å². The summed E-state index contributed by atoms with van der Waals surface area (Å²) in [6.45, 7) is 5.81. The first-order valence-electron chi connectivity index (χ1n) is 6.30. The van der Waals surface area contributed by atoms with Crippen LogP contribution >= 0.6 is 23.7 Å². The van der Waals surface area contributed by atoms with Gasteiger partial charge in [0.2, 0.25) is 5.91 Å². The van der Waals surface area contributed by atoms with Crippen molar-refractivity contribution in [2.24, 2.45) is 11.8 Å². The molecule has 0 aliphatic carbocycles. The smallest absolute Gasteiger partial charge is 0.226 e. The van der Waals surface area contributed by atoms with Crippen LogP contribution in [0.25, 0.3) is 0 Å². The molecule has 0 radical (unpaired) electrons. The summed E-state index contributed by atoms with van der Waals surface area (Å²) in [4.78, 5) is 15.9. The molecule has 0 saturated carbocycles. The molecular weight excluding hydrogens is 268 g/mol. The largest absolute Gasteiger partial charge is 0.338 e. The Bertz CT molecular complexity index is 430. The zero-order valence-electron chi connectivity index (χ0n) is 10.5. The Morgan fingerprint density at radius 3 is 3.00 bits per heavy atom. The molecule has 2 aliphatic heterocycles. The number of nitrogens with zero attached hydrogens (tertiary/aromatic N) is 1. The van der Waals surface area contributed by atoms with Crippen molar-refractivity contribution in [2.75, 3.05) is 19.6 Å². The van der Waals surface area contributed by atoms with Crippen molar-refractivity contribution in [2.45, 2.75) is 19.9 Å². The molecule has 1 saturated heterocycles. The third kappa shape index (κ3) is 2.42. The number of halogens is 1. The number of amides is 1. The second-order valence-electron chi connectivity index (χ2n) is 5.09. The first kappa shape index (κ1) is 13.8. The SMILES string of the molecule is CC(C(=O)N1CCc2sccc2C1)C1CNC1.Cl. The molecule has 1 amide bonds. The van der Waals surface area contributed by atoms with Crippen molar-refractivity contribution in [3.8, 4) is 0 Å². The Morgan fingerprint density at radius 1 is 1.56 bits per heavy atom. The number of thiophene rings is 1. The summed E-state index contributed by atoms with van der Waals surface area (Å²) in [6.07, 6.45) is 1.04. The fourth-order valence-corrected chi connectivity index (χ4v) is 3.48. The van der Waals surface area contributed by atoms with Crippen LogP contribution in [0.2, 0.25) is 0 Å². The third-order valence-electron chi connectivity index (χ3n) is 4.03. The molecule has 3 nitrogen and oxygen atoms in total. The highest BCUT2D eigenvalue weighted by atomic mass is 35.5. The van der Waals surface area contributed by atoms with Crippen molar-refractivity contribution < 1.29 is 4.79 Å². The first-order valence-corrected chi connectivity index (χ1v) is 7.18. The van der Waals surface area contributed by atoms with E-state index in [1.807, 2.05) is 16.2 Å². The summed E-state index contributed by atoms with van der Waals surface area (Å²) in [5.41, 5.74) is 1.36. The minimum Gasteiger partial charge on any atom is -0.338 e. The van der Waals surface area contributed by atoms with Crippen molar-refractivity contribution in [1.29, 1.82) is 0 Å². The Kier molecular flexibility index (Phi) is 4.30. The third-order valence-corrected chi connectivity index (χ3v) is 5.05.